The SMILES string of the molecule is NC(=O)c1cccc(CNCc2cncs2)c1. The van der Waals surface area contributed by atoms with Crippen molar-refractivity contribution in [1.29, 1.82) is 0 Å². The molecular formula is C12H13N3OS. The van der Waals surface area contributed by atoms with E-state index >= 15 is 0 Å². The highest BCUT2D eigenvalue weighted by atomic mass is 32.1. The predicted octanol–water partition coefficient (Wildman–Crippen LogP) is 1.53. The molecule has 0 saturated carbocycles. The summed E-state index contributed by atoms with van der Waals surface area (Å²) in [5.74, 6) is -0.394. The Hall–Kier alpha value is -1.72. The summed E-state index contributed by atoms with van der Waals surface area (Å²) in [4.78, 5) is 16.2. The van der Waals surface area contributed by atoms with Gasteiger partial charge in [-0.1, -0.05) is 12.1 Å². The number of nitrogens with one attached hydrogen (secondary N) is 1. The molecule has 1 heterocycles. The second kappa shape index (κ2) is 5.56. The van der Waals surface area contributed by atoms with Crippen molar-refractivity contribution in [3.05, 3.63) is 52.0 Å². The molecule has 1 amide bonds. The van der Waals surface area contributed by atoms with Crippen LogP contribution < -0.4 is 11.1 Å². The van der Waals surface area contributed by atoms with E-state index in [1.165, 1.54) is 4.88 Å². The number of nitrogens with two attached hydrogens (primary N) is 1. The number of hydrogen-bond acceptors (Lipinski definition) is 4. The van der Waals surface area contributed by atoms with Crippen molar-refractivity contribution in [2.75, 3.05) is 0 Å². The number of hydrogen-bond donors (Lipinski definition) is 2. The summed E-state index contributed by atoms with van der Waals surface area (Å²) in [6.45, 7) is 1.49. The number of thiazole rings is 1. The number of aromatic nitrogens is 1. The molecule has 0 aliphatic rings. The first-order valence-electron chi connectivity index (χ1n) is 5.22. The molecule has 0 bridgehead atoms. The van der Waals surface area contributed by atoms with Crippen molar-refractivity contribution in [2.24, 2.45) is 5.73 Å². The quantitative estimate of drug-likeness (QED) is 0.842. The van der Waals surface area contributed by atoms with E-state index in [0.29, 0.717) is 12.1 Å². The number of carbonyl (C=O) groups excluding carboxylic acids is 1. The van der Waals surface area contributed by atoms with Gasteiger partial charge in [0.15, 0.2) is 0 Å². The maximum Gasteiger partial charge on any atom is 0.248 e. The van der Waals surface area contributed by atoms with E-state index in [2.05, 4.69) is 10.3 Å². The lowest BCUT2D eigenvalue weighted by Crippen LogP contribution is -2.14. The second-order valence-corrected chi connectivity index (χ2v) is 4.61. The Morgan fingerprint density at radius 1 is 1.41 bits per heavy atom. The molecule has 0 unspecified atom stereocenters. The lowest BCUT2D eigenvalue weighted by atomic mass is 10.1. The molecule has 0 atom stereocenters. The fraction of sp³-hybridized carbons (Fsp3) is 0.167. The van der Waals surface area contributed by atoms with E-state index in [-0.39, 0.29) is 0 Å². The molecule has 0 spiro atoms. The standard InChI is InChI=1S/C12H13N3OS/c13-12(16)10-3-1-2-9(4-10)5-14-6-11-7-15-8-17-11/h1-4,7-8,14H,5-6H2,(H2,13,16). The lowest BCUT2D eigenvalue weighted by molar-refractivity contribution is 0.1000. The Balaban J connectivity index is 1.90. The average Bonchev–Trinajstić information content (AvgIpc) is 2.82. The Morgan fingerprint density at radius 2 is 2.29 bits per heavy atom. The average molecular weight is 247 g/mol. The first kappa shape index (κ1) is 11.8. The molecule has 4 nitrogen and oxygen atoms in total. The number of primary amides is 1. The smallest absolute Gasteiger partial charge is 0.248 e. The molecule has 0 saturated heterocycles. The zero-order valence-electron chi connectivity index (χ0n) is 9.22. The van der Waals surface area contributed by atoms with Gasteiger partial charge in [0, 0.05) is 29.7 Å². The number of amides is 1. The van der Waals surface area contributed by atoms with Gasteiger partial charge in [-0.25, -0.2) is 0 Å². The molecule has 2 aromatic rings. The Bertz CT molecular complexity index is 496. The molecule has 5 heteroatoms. The zero-order valence-corrected chi connectivity index (χ0v) is 10.0. The van der Waals surface area contributed by atoms with E-state index in [4.69, 9.17) is 5.73 Å². The van der Waals surface area contributed by atoms with Gasteiger partial charge in [-0.2, -0.15) is 0 Å². The fourth-order valence-electron chi connectivity index (χ4n) is 1.49. The number of carbonyl (C=O) groups is 1. The van der Waals surface area contributed by atoms with E-state index in [1.807, 2.05) is 29.9 Å². The van der Waals surface area contributed by atoms with Crippen molar-refractivity contribution in [1.82, 2.24) is 10.3 Å². The summed E-state index contributed by atoms with van der Waals surface area (Å²) in [5, 5.41) is 3.29. The Labute approximate surface area is 103 Å². The summed E-state index contributed by atoms with van der Waals surface area (Å²) < 4.78 is 0. The van der Waals surface area contributed by atoms with E-state index < -0.39 is 5.91 Å². The minimum Gasteiger partial charge on any atom is -0.366 e. The van der Waals surface area contributed by atoms with Gasteiger partial charge >= 0.3 is 0 Å². The summed E-state index contributed by atoms with van der Waals surface area (Å²) in [6.07, 6.45) is 1.84. The highest BCUT2D eigenvalue weighted by Gasteiger charge is 2.01. The minimum atomic E-state index is -0.394. The number of nitrogens with zero attached hydrogens (tertiary/aromatic N) is 1. The number of benzene rings is 1. The van der Waals surface area contributed by atoms with Crippen LogP contribution in [0.15, 0.2) is 36.0 Å². The molecular weight excluding hydrogens is 234 g/mol. The normalized spacial score (nSPS) is 10.4. The third-order valence-electron chi connectivity index (χ3n) is 2.32. The third-order valence-corrected chi connectivity index (χ3v) is 3.10. The molecule has 1 aromatic heterocycles. The van der Waals surface area contributed by atoms with Gasteiger partial charge in [-0.05, 0) is 17.7 Å². The summed E-state index contributed by atoms with van der Waals surface area (Å²) >= 11 is 1.62. The Morgan fingerprint density at radius 3 is 3.00 bits per heavy atom. The summed E-state index contributed by atoms with van der Waals surface area (Å²) in [5.41, 5.74) is 8.62. The minimum absolute atomic E-state index is 0.394. The van der Waals surface area contributed by atoms with Crippen LogP contribution in [0, 0.1) is 0 Å². The van der Waals surface area contributed by atoms with Crippen LogP contribution in [0.25, 0.3) is 0 Å². The van der Waals surface area contributed by atoms with Gasteiger partial charge in [0.1, 0.15) is 0 Å². The van der Waals surface area contributed by atoms with Crippen LogP contribution in [0.2, 0.25) is 0 Å². The maximum atomic E-state index is 11.0. The highest BCUT2D eigenvalue weighted by Crippen LogP contribution is 2.07. The van der Waals surface area contributed by atoms with Crippen molar-refractivity contribution >= 4 is 17.2 Å². The molecule has 0 fully saturated rings. The van der Waals surface area contributed by atoms with Crippen LogP contribution in [-0.2, 0) is 13.1 Å². The van der Waals surface area contributed by atoms with Crippen molar-refractivity contribution < 1.29 is 4.79 Å². The molecule has 17 heavy (non-hydrogen) atoms. The first-order valence-corrected chi connectivity index (χ1v) is 6.10. The zero-order chi connectivity index (χ0) is 12.1. The summed E-state index contributed by atoms with van der Waals surface area (Å²) in [6, 6.07) is 7.33. The summed E-state index contributed by atoms with van der Waals surface area (Å²) in [7, 11) is 0. The molecule has 1 aromatic carbocycles. The van der Waals surface area contributed by atoms with E-state index in [0.717, 1.165) is 12.1 Å². The molecule has 0 aliphatic heterocycles. The van der Waals surface area contributed by atoms with Crippen LogP contribution in [-0.4, -0.2) is 10.9 Å². The fourth-order valence-corrected chi connectivity index (χ4v) is 2.06. The Kier molecular flexibility index (Phi) is 3.85. The van der Waals surface area contributed by atoms with Gasteiger partial charge < -0.3 is 11.1 Å². The highest BCUT2D eigenvalue weighted by molar-refractivity contribution is 7.09. The lowest BCUT2D eigenvalue weighted by Gasteiger charge is -2.04. The molecule has 2 rings (SSSR count). The largest absolute Gasteiger partial charge is 0.366 e. The molecule has 88 valence electrons. The van der Waals surface area contributed by atoms with Crippen molar-refractivity contribution in [3.8, 4) is 0 Å². The molecule has 0 aliphatic carbocycles. The van der Waals surface area contributed by atoms with Gasteiger partial charge in [0.05, 0.1) is 5.51 Å². The van der Waals surface area contributed by atoms with E-state index in [1.54, 1.807) is 17.4 Å². The first-order chi connectivity index (χ1) is 8.25. The van der Waals surface area contributed by atoms with Gasteiger partial charge in [-0.3, -0.25) is 9.78 Å². The van der Waals surface area contributed by atoms with Gasteiger partial charge in [-0.15, -0.1) is 11.3 Å². The van der Waals surface area contributed by atoms with Crippen LogP contribution in [0.1, 0.15) is 20.8 Å². The topological polar surface area (TPSA) is 68.0 Å². The van der Waals surface area contributed by atoms with Crippen LogP contribution in [0.4, 0.5) is 0 Å². The van der Waals surface area contributed by atoms with Gasteiger partial charge in [0.2, 0.25) is 5.91 Å². The third kappa shape index (κ3) is 3.37. The van der Waals surface area contributed by atoms with Crippen LogP contribution in [0.3, 0.4) is 0 Å². The predicted molar refractivity (Wildman–Crippen MR) is 67.6 cm³/mol. The van der Waals surface area contributed by atoms with Crippen molar-refractivity contribution in [3.63, 3.8) is 0 Å². The van der Waals surface area contributed by atoms with E-state index in [9.17, 15) is 4.79 Å². The van der Waals surface area contributed by atoms with Crippen LogP contribution >= 0.6 is 11.3 Å². The number of rotatable bonds is 5. The second-order valence-electron chi connectivity index (χ2n) is 3.64. The molecule has 3 N–H and O–H groups in total. The molecule has 0 radical (unpaired) electrons. The monoisotopic (exact) mass is 247 g/mol. The van der Waals surface area contributed by atoms with Crippen molar-refractivity contribution in [2.45, 2.75) is 13.1 Å². The van der Waals surface area contributed by atoms with Crippen LogP contribution in [0.5, 0.6) is 0 Å². The maximum absolute atomic E-state index is 11.0. The van der Waals surface area contributed by atoms with Gasteiger partial charge in [0.25, 0.3) is 0 Å².